The van der Waals surface area contributed by atoms with Crippen molar-refractivity contribution in [3.8, 4) is 5.75 Å². The topological polar surface area (TPSA) is 35.5 Å². The number of benzene rings is 2. The van der Waals surface area contributed by atoms with Crippen LogP contribution in [0.5, 0.6) is 5.75 Å². The molecule has 1 aliphatic rings. The molecule has 0 N–H and O–H groups in total. The Hall–Kier alpha value is -2.55. The molecule has 1 aliphatic heterocycles. The highest BCUT2D eigenvalue weighted by atomic mass is 16.5. The number of esters is 1. The minimum atomic E-state index is -0.314. The predicted molar refractivity (Wildman–Crippen MR) is 80.8 cm³/mol. The highest BCUT2D eigenvalue weighted by Gasteiger charge is 2.26. The first-order chi connectivity index (χ1) is 10.3. The van der Waals surface area contributed by atoms with Gasteiger partial charge in [0.05, 0.1) is 12.2 Å². The van der Waals surface area contributed by atoms with Crippen molar-refractivity contribution in [1.29, 1.82) is 0 Å². The summed E-state index contributed by atoms with van der Waals surface area (Å²) in [6.07, 6.45) is 0.527. The fourth-order valence-electron chi connectivity index (χ4n) is 2.40. The van der Waals surface area contributed by atoms with Crippen molar-refractivity contribution in [2.45, 2.75) is 13.3 Å². The molecule has 3 nitrogen and oxygen atoms in total. The van der Waals surface area contributed by atoms with E-state index in [0.29, 0.717) is 24.4 Å². The zero-order valence-corrected chi connectivity index (χ0v) is 11.8. The van der Waals surface area contributed by atoms with Crippen LogP contribution in [0, 0.1) is 0 Å². The predicted octanol–water partition coefficient (Wildman–Crippen LogP) is 3.60. The number of para-hydroxylation sites is 1. The molecule has 106 valence electrons. The molecule has 0 atom stereocenters. The van der Waals surface area contributed by atoms with Crippen molar-refractivity contribution in [3.63, 3.8) is 0 Å². The van der Waals surface area contributed by atoms with Crippen LogP contribution in [0.4, 0.5) is 0 Å². The van der Waals surface area contributed by atoms with Gasteiger partial charge in [0, 0.05) is 12.0 Å². The SMILES string of the molecule is CCOC(=O)C1=C(c2ccccc2)Oc2ccccc2C1. The monoisotopic (exact) mass is 280 g/mol. The quantitative estimate of drug-likeness (QED) is 0.806. The Morgan fingerprint density at radius 1 is 1.10 bits per heavy atom. The summed E-state index contributed by atoms with van der Waals surface area (Å²) in [6.45, 7) is 2.16. The molecule has 3 heteroatoms. The van der Waals surface area contributed by atoms with Gasteiger partial charge in [0.2, 0.25) is 0 Å². The van der Waals surface area contributed by atoms with Gasteiger partial charge in [-0.15, -0.1) is 0 Å². The van der Waals surface area contributed by atoms with Crippen LogP contribution in [0.2, 0.25) is 0 Å². The molecule has 0 bridgehead atoms. The lowest BCUT2D eigenvalue weighted by molar-refractivity contribution is -0.138. The fraction of sp³-hybridized carbons (Fsp3) is 0.167. The van der Waals surface area contributed by atoms with Crippen molar-refractivity contribution in [3.05, 3.63) is 71.3 Å². The molecule has 0 spiro atoms. The van der Waals surface area contributed by atoms with E-state index in [-0.39, 0.29) is 5.97 Å². The van der Waals surface area contributed by atoms with Gasteiger partial charge >= 0.3 is 5.97 Å². The first-order valence-corrected chi connectivity index (χ1v) is 7.01. The summed E-state index contributed by atoms with van der Waals surface area (Å²) in [5, 5.41) is 0. The zero-order chi connectivity index (χ0) is 14.7. The average molecular weight is 280 g/mol. The van der Waals surface area contributed by atoms with Gasteiger partial charge in [-0.1, -0.05) is 48.5 Å². The van der Waals surface area contributed by atoms with E-state index in [2.05, 4.69) is 0 Å². The molecule has 2 aromatic rings. The van der Waals surface area contributed by atoms with E-state index in [1.54, 1.807) is 6.92 Å². The maximum atomic E-state index is 12.2. The van der Waals surface area contributed by atoms with Gasteiger partial charge in [0.15, 0.2) is 0 Å². The Morgan fingerprint density at radius 3 is 2.57 bits per heavy atom. The summed E-state index contributed by atoms with van der Waals surface area (Å²) in [6, 6.07) is 17.4. The van der Waals surface area contributed by atoms with E-state index in [9.17, 15) is 4.79 Å². The van der Waals surface area contributed by atoms with Crippen molar-refractivity contribution in [2.24, 2.45) is 0 Å². The Labute approximate surface area is 123 Å². The Balaban J connectivity index is 2.07. The molecule has 0 saturated carbocycles. The second kappa shape index (κ2) is 5.83. The van der Waals surface area contributed by atoms with E-state index in [1.165, 1.54) is 0 Å². The van der Waals surface area contributed by atoms with E-state index >= 15 is 0 Å². The van der Waals surface area contributed by atoms with Crippen LogP contribution in [0.3, 0.4) is 0 Å². The third-order valence-electron chi connectivity index (χ3n) is 3.38. The number of fused-ring (bicyclic) bond motifs is 1. The van der Waals surface area contributed by atoms with Gasteiger partial charge in [0.1, 0.15) is 11.5 Å². The van der Waals surface area contributed by atoms with Crippen LogP contribution in [-0.4, -0.2) is 12.6 Å². The lowest BCUT2D eigenvalue weighted by atomic mass is 9.97. The number of carbonyl (C=O) groups excluding carboxylic acids is 1. The number of ether oxygens (including phenoxy) is 2. The highest BCUT2D eigenvalue weighted by molar-refractivity contribution is 5.98. The summed E-state index contributed by atoms with van der Waals surface area (Å²) in [5.41, 5.74) is 2.46. The number of rotatable bonds is 3. The van der Waals surface area contributed by atoms with Crippen molar-refractivity contribution in [2.75, 3.05) is 6.61 Å². The molecule has 0 radical (unpaired) electrons. The summed E-state index contributed by atoms with van der Waals surface area (Å²) in [7, 11) is 0. The molecule has 0 fully saturated rings. The van der Waals surface area contributed by atoms with Crippen LogP contribution >= 0.6 is 0 Å². The molecule has 0 aromatic heterocycles. The van der Waals surface area contributed by atoms with Gasteiger partial charge < -0.3 is 9.47 Å². The average Bonchev–Trinajstić information content (AvgIpc) is 2.54. The maximum absolute atomic E-state index is 12.2. The summed E-state index contributed by atoms with van der Waals surface area (Å²) < 4.78 is 11.1. The highest BCUT2D eigenvalue weighted by Crippen LogP contribution is 2.34. The number of hydrogen-bond donors (Lipinski definition) is 0. The van der Waals surface area contributed by atoms with Crippen LogP contribution in [0.1, 0.15) is 18.1 Å². The van der Waals surface area contributed by atoms with Crippen molar-refractivity contribution in [1.82, 2.24) is 0 Å². The first kappa shape index (κ1) is 13.4. The number of carbonyl (C=O) groups is 1. The second-order valence-corrected chi connectivity index (χ2v) is 4.78. The minimum Gasteiger partial charge on any atom is -0.463 e. The normalized spacial score (nSPS) is 13.4. The molecule has 0 amide bonds. The van der Waals surface area contributed by atoms with E-state index in [4.69, 9.17) is 9.47 Å². The minimum absolute atomic E-state index is 0.314. The van der Waals surface area contributed by atoms with Crippen LogP contribution in [0.15, 0.2) is 60.2 Å². The third-order valence-corrected chi connectivity index (χ3v) is 3.38. The summed E-state index contributed by atoms with van der Waals surface area (Å²) in [5.74, 6) is 1.07. The molecule has 0 aliphatic carbocycles. The smallest absolute Gasteiger partial charge is 0.338 e. The van der Waals surface area contributed by atoms with Crippen LogP contribution < -0.4 is 4.74 Å². The van der Waals surface area contributed by atoms with Gasteiger partial charge in [-0.2, -0.15) is 0 Å². The lowest BCUT2D eigenvalue weighted by Crippen LogP contribution is -2.18. The fourth-order valence-corrected chi connectivity index (χ4v) is 2.40. The molecular weight excluding hydrogens is 264 g/mol. The summed E-state index contributed by atoms with van der Waals surface area (Å²) in [4.78, 5) is 12.2. The van der Waals surface area contributed by atoms with E-state index in [1.807, 2.05) is 54.6 Å². The van der Waals surface area contributed by atoms with Gasteiger partial charge in [0.25, 0.3) is 0 Å². The standard InChI is InChI=1S/C18H16O3/c1-2-20-18(19)15-12-14-10-6-7-11-16(14)21-17(15)13-8-4-3-5-9-13/h3-11H,2,12H2,1H3. The lowest BCUT2D eigenvalue weighted by Gasteiger charge is -2.22. The van der Waals surface area contributed by atoms with E-state index < -0.39 is 0 Å². The molecular formula is C18H16O3. The summed E-state index contributed by atoms with van der Waals surface area (Å²) >= 11 is 0. The molecule has 2 aromatic carbocycles. The van der Waals surface area contributed by atoms with Gasteiger partial charge in [-0.25, -0.2) is 4.79 Å². The van der Waals surface area contributed by atoms with Crippen LogP contribution in [-0.2, 0) is 16.0 Å². The van der Waals surface area contributed by atoms with Crippen molar-refractivity contribution < 1.29 is 14.3 Å². The molecule has 0 saturated heterocycles. The van der Waals surface area contributed by atoms with Gasteiger partial charge in [-0.05, 0) is 18.6 Å². The van der Waals surface area contributed by atoms with E-state index in [0.717, 1.165) is 16.9 Å². The Kier molecular flexibility index (Phi) is 3.73. The first-order valence-electron chi connectivity index (χ1n) is 7.01. The van der Waals surface area contributed by atoms with Crippen LogP contribution in [0.25, 0.3) is 5.76 Å². The largest absolute Gasteiger partial charge is 0.463 e. The molecule has 0 unspecified atom stereocenters. The maximum Gasteiger partial charge on any atom is 0.338 e. The Bertz CT molecular complexity index is 687. The second-order valence-electron chi connectivity index (χ2n) is 4.78. The third kappa shape index (κ3) is 2.68. The zero-order valence-electron chi connectivity index (χ0n) is 11.8. The Morgan fingerprint density at radius 2 is 1.81 bits per heavy atom. The number of hydrogen-bond acceptors (Lipinski definition) is 3. The van der Waals surface area contributed by atoms with Gasteiger partial charge in [-0.3, -0.25) is 0 Å². The molecule has 3 rings (SSSR count). The molecule has 21 heavy (non-hydrogen) atoms. The molecule has 1 heterocycles. The van der Waals surface area contributed by atoms with Crippen molar-refractivity contribution >= 4 is 11.7 Å².